The van der Waals surface area contributed by atoms with Crippen LogP contribution in [0.2, 0.25) is 0 Å². The Hall–Kier alpha value is -2.86. The molecule has 0 spiro atoms. The maximum atomic E-state index is 12.1. The van der Waals surface area contributed by atoms with Crippen molar-refractivity contribution in [1.29, 1.82) is 0 Å². The lowest BCUT2D eigenvalue weighted by Gasteiger charge is -2.05. The molecule has 0 bridgehead atoms. The van der Waals surface area contributed by atoms with Crippen LogP contribution in [-0.2, 0) is 0 Å². The van der Waals surface area contributed by atoms with Crippen LogP contribution in [0.4, 0.5) is 5.69 Å². The Bertz CT molecular complexity index is 940. The monoisotopic (exact) mass is 309 g/mol. The second-order valence-corrected chi connectivity index (χ2v) is 5.00. The number of benzene rings is 2. The molecule has 3 aromatic carbocycles. The molecule has 5 nitrogen and oxygen atoms in total. The third-order valence-corrected chi connectivity index (χ3v) is 3.34. The fourth-order valence-corrected chi connectivity index (χ4v) is 2.29. The van der Waals surface area contributed by atoms with Crippen LogP contribution in [0.5, 0.6) is 0 Å². The van der Waals surface area contributed by atoms with Crippen LogP contribution in [0, 0.1) is 0 Å². The molecule has 0 fully saturated rings. The molecule has 0 radical (unpaired) electrons. The predicted molar refractivity (Wildman–Crippen MR) is 90.2 cm³/mol. The van der Waals surface area contributed by atoms with E-state index in [1.807, 2.05) is 30.3 Å². The zero-order valence-electron chi connectivity index (χ0n) is 11.4. The van der Waals surface area contributed by atoms with E-state index in [9.17, 15) is 9.59 Å². The molecule has 0 aromatic heterocycles. The highest BCUT2D eigenvalue weighted by Crippen LogP contribution is 2.04. The molecule has 2 N–H and O–H groups in total. The molecule has 108 valence electrons. The Morgan fingerprint density at radius 3 is 2.00 bits per heavy atom. The van der Waals surface area contributed by atoms with E-state index in [0.29, 0.717) is 10.8 Å². The van der Waals surface area contributed by atoms with Crippen LogP contribution >= 0.6 is 12.2 Å². The van der Waals surface area contributed by atoms with Crippen molar-refractivity contribution in [2.24, 2.45) is 5.10 Å². The third kappa shape index (κ3) is 2.64. The topological polar surface area (TPSA) is 70.6 Å². The summed E-state index contributed by atoms with van der Waals surface area (Å²) in [7, 11) is 0. The molecule has 0 saturated heterocycles. The van der Waals surface area contributed by atoms with Gasteiger partial charge in [0.2, 0.25) is 10.9 Å². The van der Waals surface area contributed by atoms with Crippen molar-refractivity contribution in [2.45, 2.75) is 0 Å². The van der Waals surface area contributed by atoms with E-state index in [1.165, 1.54) is 0 Å². The second kappa shape index (κ2) is 5.87. The first kappa shape index (κ1) is 14.1. The summed E-state index contributed by atoms with van der Waals surface area (Å²) in [4.78, 5) is 24.2. The number of nitrogens with zero attached hydrogens (tertiary/aromatic N) is 1. The van der Waals surface area contributed by atoms with Crippen molar-refractivity contribution >= 4 is 33.8 Å². The zero-order chi connectivity index (χ0) is 15.5. The van der Waals surface area contributed by atoms with Gasteiger partial charge in [0.05, 0.1) is 0 Å². The van der Waals surface area contributed by atoms with Gasteiger partial charge in [-0.3, -0.25) is 15.0 Å². The highest BCUT2D eigenvalue weighted by atomic mass is 32.1. The summed E-state index contributed by atoms with van der Waals surface area (Å²) in [5, 5.41) is 7.56. The number of hydrogen-bond donors (Lipinski definition) is 2. The minimum absolute atomic E-state index is 0.154. The van der Waals surface area contributed by atoms with Crippen LogP contribution < -0.4 is 27.0 Å². The first-order chi connectivity index (χ1) is 10.7. The van der Waals surface area contributed by atoms with Crippen molar-refractivity contribution in [3.8, 4) is 0 Å². The molecule has 0 amide bonds. The molecular weight excluding hydrogens is 298 g/mol. The van der Waals surface area contributed by atoms with E-state index >= 15 is 0 Å². The van der Waals surface area contributed by atoms with E-state index in [4.69, 9.17) is 12.2 Å². The average Bonchev–Trinajstić information content (AvgIpc) is 2.78. The molecule has 0 atom stereocenters. The molecule has 0 saturated carbocycles. The summed E-state index contributed by atoms with van der Waals surface area (Å²) < 4.78 is 0. The number of thiocarbonyl (C=S) groups is 1. The summed E-state index contributed by atoms with van der Waals surface area (Å²) in [6.07, 6.45) is 0. The van der Waals surface area contributed by atoms with Crippen LogP contribution in [0.15, 0.2) is 69.3 Å². The van der Waals surface area contributed by atoms with Crippen molar-refractivity contribution in [1.82, 2.24) is 5.43 Å². The van der Waals surface area contributed by atoms with Gasteiger partial charge in [-0.2, -0.15) is 5.10 Å². The Balaban J connectivity index is 1.89. The van der Waals surface area contributed by atoms with Crippen molar-refractivity contribution in [3.63, 3.8) is 0 Å². The van der Waals surface area contributed by atoms with Crippen LogP contribution in [-0.4, -0.2) is 5.11 Å². The molecule has 0 aliphatic rings. The fraction of sp³-hybridized carbons (Fsp3) is 0. The number of nitrogens with one attached hydrogen (secondary N) is 2. The van der Waals surface area contributed by atoms with Crippen LogP contribution in [0.1, 0.15) is 0 Å². The SMILES string of the molecule is O=c1c(=NNC(=S)Nc2ccccc2)c(=O)c2ccccc12. The minimum atomic E-state index is -0.393. The average molecular weight is 309 g/mol. The summed E-state index contributed by atoms with van der Waals surface area (Å²) in [6.45, 7) is 0. The van der Waals surface area contributed by atoms with Gasteiger partial charge in [-0.05, 0) is 24.4 Å². The van der Waals surface area contributed by atoms with Gasteiger partial charge in [-0.1, -0.05) is 42.5 Å². The Kier molecular flexibility index (Phi) is 3.76. The molecule has 0 unspecified atom stereocenters. The van der Waals surface area contributed by atoms with E-state index < -0.39 is 10.9 Å². The fourth-order valence-electron chi connectivity index (χ4n) is 2.13. The zero-order valence-corrected chi connectivity index (χ0v) is 12.2. The molecule has 3 aromatic rings. The molecular formula is C16H11N3O2S. The largest absolute Gasteiger partial charge is 0.331 e. The molecule has 6 heteroatoms. The van der Waals surface area contributed by atoms with E-state index in [2.05, 4.69) is 15.8 Å². The molecule has 0 aliphatic heterocycles. The number of rotatable bonds is 2. The standard InChI is InChI=1S/C16H11N3O2S/c20-14-11-8-4-5-9-12(11)15(21)13(14)18-19-16(22)17-10-6-2-1-3-7-10/h1-9H,(H2,17,19,22). The first-order valence-corrected chi connectivity index (χ1v) is 6.96. The summed E-state index contributed by atoms with van der Waals surface area (Å²) >= 11 is 5.08. The highest BCUT2D eigenvalue weighted by molar-refractivity contribution is 7.80. The lowest BCUT2D eigenvalue weighted by Crippen LogP contribution is -2.36. The Morgan fingerprint density at radius 2 is 1.41 bits per heavy atom. The summed E-state index contributed by atoms with van der Waals surface area (Å²) in [6, 6.07) is 15.9. The van der Waals surface area contributed by atoms with E-state index in [-0.39, 0.29) is 10.5 Å². The number of hydrogen-bond acceptors (Lipinski definition) is 4. The quantitative estimate of drug-likeness (QED) is 0.550. The Labute approximate surface area is 130 Å². The van der Waals surface area contributed by atoms with Gasteiger partial charge in [0.1, 0.15) is 0 Å². The van der Waals surface area contributed by atoms with E-state index in [1.54, 1.807) is 24.3 Å². The third-order valence-electron chi connectivity index (χ3n) is 3.15. The number of fused-ring (bicyclic) bond motifs is 1. The van der Waals surface area contributed by atoms with Gasteiger partial charge < -0.3 is 5.32 Å². The smallest absolute Gasteiger partial charge is 0.217 e. The van der Waals surface area contributed by atoms with Crippen LogP contribution in [0.25, 0.3) is 10.8 Å². The molecule has 0 aliphatic carbocycles. The predicted octanol–water partition coefficient (Wildman–Crippen LogP) is 1.24. The molecule has 3 rings (SSSR count). The van der Waals surface area contributed by atoms with Gasteiger partial charge in [-0.25, -0.2) is 0 Å². The normalized spacial score (nSPS) is 10.4. The highest BCUT2D eigenvalue weighted by Gasteiger charge is 2.09. The molecule has 0 heterocycles. The van der Waals surface area contributed by atoms with Crippen molar-refractivity contribution < 1.29 is 0 Å². The van der Waals surface area contributed by atoms with Crippen molar-refractivity contribution in [3.05, 3.63) is 80.4 Å². The van der Waals surface area contributed by atoms with E-state index in [0.717, 1.165) is 5.69 Å². The van der Waals surface area contributed by atoms with Gasteiger partial charge in [-0.15, -0.1) is 0 Å². The van der Waals surface area contributed by atoms with Gasteiger partial charge in [0.15, 0.2) is 10.5 Å². The van der Waals surface area contributed by atoms with Gasteiger partial charge >= 0.3 is 0 Å². The second-order valence-electron chi connectivity index (χ2n) is 4.60. The minimum Gasteiger partial charge on any atom is -0.331 e. The summed E-state index contributed by atoms with van der Waals surface area (Å²) in [5.41, 5.74) is 2.53. The number of para-hydroxylation sites is 1. The van der Waals surface area contributed by atoms with Crippen molar-refractivity contribution in [2.75, 3.05) is 5.32 Å². The molecule has 22 heavy (non-hydrogen) atoms. The maximum absolute atomic E-state index is 12.1. The van der Waals surface area contributed by atoms with Gasteiger partial charge in [0.25, 0.3) is 0 Å². The first-order valence-electron chi connectivity index (χ1n) is 6.55. The van der Waals surface area contributed by atoms with Gasteiger partial charge in [0, 0.05) is 16.5 Å². The summed E-state index contributed by atoms with van der Waals surface area (Å²) in [5.74, 6) is 0. The number of anilines is 1. The lowest BCUT2D eigenvalue weighted by molar-refractivity contribution is 0.970. The van der Waals surface area contributed by atoms with Crippen LogP contribution in [0.3, 0.4) is 0 Å². The lowest BCUT2D eigenvalue weighted by atomic mass is 10.2. The Morgan fingerprint density at radius 1 is 0.864 bits per heavy atom. The maximum Gasteiger partial charge on any atom is 0.217 e.